The van der Waals surface area contributed by atoms with Crippen molar-refractivity contribution >= 4 is 17.8 Å². The molecular formula is C31H31F2N5O4. The molecule has 2 fully saturated rings. The number of hydrogen-bond acceptors (Lipinski definition) is 5. The van der Waals surface area contributed by atoms with Crippen LogP contribution in [0.25, 0.3) is 0 Å². The molecule has 11 heteroatoms. The maximum atomic E-state index is 15.0. The van der Waals surface area contributed by atoms with Gasteiger partial charge < -0.3 is 20.2 Å². The highest BCUT2D eigenvalue weighted by molar-refractivity contribution is 5.92. The van der Waals surface area contributed by atoms with E-state index in [0.717, 1.165) is 17.7 Å². The van der Waals surface area contributed by atoms with Gasteiger partial charge >= 0.3 is 6.03 Å². The quantitative estimate of drug-likeness (QED) is 0.420. The summed E-state index contributed by atoms with van der Waals surface area (Å²) in [7, 11) is 1.61. The van der Waals surface area contributed by atoms with Crippen molar-refractivity contribution in [2.24, 2.45) is 0 Å². The molecule has 0 bridgehead atoms. The van der Waals surface area contributed by atoms with Crippen LogP contribution in [0.1, 0.15) is 22.7 Å². The monoisotopic (exact) mass is 575 g/mol. The summed E-state index contributed by atoms with van der Waals surface area (Å²) in [5, 5.41) is 15.5. The fourth-order valence-electron chi connectivity index (χ4n) is 5.59. The zero-order chi connectivity index (χ0) is 30.0. The second-order valence-corrected chi connectivity index (χ2v) is 10.3. The Balaban J connectivity index is 1.53. The van der Waals surface area contributed by atoms with Gasteiger partial charge in [-0.05, 0) is 29.3 Å². The average Bonchev–Trinajstić information content (AvgIpc) is 2.96. The van der Waals surface area contributed by atoms with Gasteiger partial charge in [-0.3, -0.25) is 9.59 Å². The predicted molar refractivity (Wildman–Crippen MR) is 150 cm³/mol. The van der Waals surface area contributed by atoms with Crippen molar-refractivity contribution in [3.05, 3.63) is 114 Å². The number of carbonyl (C=O) groups excluding carboxylic acids is 3. The number of piperazine rings is 1. The van der Waals surface area contributed by atoms with E-state index in [9.17, 15) is 28.3 Å². The molecule has 218 valence electrons. The minimum atomic E-state index is -1.05. The molecule has 1 unspecified atom stereocenters. The SMILES string of the molecule is C=C[C@H](c1ccc(F)cc1F)N1CC2N(C(=O)CN(C)N2C(=O)NCc2ccccc2)[C@@H](Cc2ccc(O)cc2)C1=O. The van der Waals surface area contributed by atoms with E-state index in [-0.39, 0.29) is 43.3 Å². The summed E-state index contributed by atoms with van der Waals surface area (Å²) in [5.74, 6) is -2.39. The number of phenolic OH excluding ortho intramolecular Hbond substituents is 1. The summed E-state index contributed by atoms with van der Waals surface area (Å²) >= 11 is 0. The molecule has 0 saturated carbocycles. The van der Waals surface area contributed by atoms with Crippen LogP contribution in [0.2, 0.25) is 0 Å². The summed E-state index contributed by atoms with van der Waals surface area (Å²) in [6.45, 7) is 3.76. The Morgan fingerprint density at radius 2 is 1.79 bits per heavy atom. The molecule has 0 radical (unpaired) electrons. The van der Waals surface area contributed by atoms with Crippen LogP contribution < -0.4 is 5.32 Å². The Hall–Kier alpha value is -4.77. The number of phenols is 1. The topological polar surface area (TPSA) is 96.4 Å². The van der Waals surface area contributed by atoms with Gasteiger partial charge in [-0.2, -0.15) is 0 Å². The number of likely N-dealkylation sites (N-methyl/N-ethyl adjacent to an activating group) is 1. The molecule has 2 saturated heterocycles. The number of fused-ring (bicyclic) bond motifs is 1. The lowest BCUT2D eigenvalue weighted by Crippen LogP contribution is -2.76. The van der Waals surface area contributed by atoms with Crippen LogP contribution in [0.15, 0.2) is 85.5 Å². The molecule has 0 spiro atoms. The average molecular weight is 576 g/mol. The molecule has 2 aliphatic heterocycles. The Bertz CT molecular complexity index is 1490. The third-order valence-electron chi connectivity index (χ3n) is 7.59. The third kappa shape index (κ3) is 5.68. The highest BCUT2D eigenvalue weighted by Crippen LogP contribution is 2.34. The fraction of sp³-hybridized carbons (Fsp3) is 0.258. The van der Waals surface area contributed by atoms with Crippen LogP contribution in [-0.2, 0) is 22.6 Å². The van der Waals surface area contributed by atoms with Gasteiger partial charge in [0.2, 0.25) is 11.8 Å². The summed E-state index contributed by atoms with van der Waals surface area (Å²) in [6, 6.07) is 16.1. The largest absolute Gasteiger partial charge is 0.508 e. The molecule has 3 atom stereocenters. The van der Waals surface area contributed by atoms with Gasteiger partial charge in [-0.1, -0.05) is 54.6 Å². The summed E-state index contributed by atoms with van der Waals surface area (Å²) in [5.41, 5.74) is 1.58. The van der Waals surface area contributed by atoms with Gasteiger partial charge in [0.1, 0.15) is 29.6 Å². The van der Waals surface area contributed by atoms with E-state index in [0.29, 0.717) is 5.56 Å². The van der Waals surface area contributed by atoms with Crippen LogP contribution in [0.3, 0.4) is 0 Å². The Kier molecular flexibility index (Phi) is 8.21. The Morgan fingerprint density at radius 3 is 2.45 bits per heavy atom. The minimum Gasteiger partial charge on any atom is -0.508 e. The van der Waals surface area contributed by atoms with Crippen molar-refractivity contribution < 1.29 is 28.3 Å². The first-order chi connectivity index (χ1) is 20.2. The molecule has 3 aromatic rings. The van der Waals surface area contributed by atoms with E-state index < -0.39 is 41.8 Å². The molecule has 5 rings (SSSR count). The number of hydrazine groups is 1. The predicted octanol–water partition coefficient (Wildman–Crippen LogP) is 3.58. The molecule has 0 aliphatic carbocycles. The number of urea groups is 1. The molecule has 42 heavy (non-hydrogen) atoms. The number of nitrogens with one attached hydrogen (secondary N) is 1. The summed E-state index contributed by atoms with van der Waals surface area (Å²) in [6.07, 6.45) is 0.532. The second-order valence-electron chi connectivity index (χ2n) is 10.3. The van der Waals surface area contributed by atoms with Crippen molar-refractivity contribution in [2.45, 2.75) is 31.2 Å². The summed E-state index contributed by atoms with van der Waals surface area (Å²) < 4.78 is 28.7. The number of halogens is 2. The number of carbonyl (C=O) groups is 3. The number of amides is 4. The van der Waals surface area contributed by atoms with Crippen molar-refractivity contribution in [2.75, 3.05) is 20.1 Å². The van der Waals surface area contributed by atoms with Crippen molar-refractivity contribution in [1.29, 1.82) is 0 Å². The third-order valence-corrected chi connectivity index (χ3v) is 7.59. The number of rotatable bonds is 7. The van der Waals surface area contributed by atoms with E-state index in [1.165, 1.54) is 44.1 Å². The normalized spacial score (nSPS) is 19.8. The molecule has 4 amide bonds. The van der Waals surface area contributed by atoms with Crippen LogP contribution in [0.5, 0.6) is 5.75 Å². The smallest absolute Gasteiger partial charge is 0.334 e. The Morgan fingerprint density at radius 1 is 1.07 bits per heavy atom. The van der Waals surface area contributed by atoms with Gasteiger partial charge in [-0.25, -0.2) is 23.6 Å². The molecular weight excluding hydrogens is 544 g/mol. The molecule has 2 aliphatic rings. The minimum absolute atomic E-state index is 0.0344. The van der Waals surface area contributed by atoms with E-state index >= 15 is 0 Å². The maximum Gasteiger partial charge on any atom is 0.334 e. The lowest BCUT2D eigenvalue weighted by Gasteiger charge is -2.55. The number of aromatic hydroxyl groups is 1. The zero-order valence-electron chi connectivity index (χ0n) is 23.0. The van der Waals surface area contributed by atoms with Crippen LogP contribution in [0.4, 0.5) is 13.6 Å². The molecule has 9 nitrogen and oxygen atoms in total. The van der Waals surface area contributed by atoms with Gasteiger partial charge in [0.15, 0.2) is 0 Å². The second kappa shape index (κ2) is 12.0. The molecule has 0 aromatic heterocycles. The van der Waals surface area contributed by atoms with E-state index in [1.807, 2.05) is 30.3 Å². The molecule has 3 aromatic carbocycles. The standard InChI is InChI=1S/C31H31F2N5O4/c1-3-26(24-14-11-22(32)16-25(24)33)36-18-28-37(27(30(36)41)15-20-9-12-23(39)13-10-20)29(40)19-35(2)38(28)31(42)34-17-21-7-5-4-6-8-21/h3-14,16,26-28,39H,1,15,17-19H2,2H3,(H,34,42)/t26-,27+,28?/m1/s1. The molecule has 2 N–H and O–H groups in total. The number of benzene rings is 3. The maximum absolute atomic E-state index is 15.0. The van der Waals surface area contributed by atoms with Crippen molar-refractivity contribution in [1.82, 2.24) is 25.1 Å². The first kappa shape index (κ1) is 28.7. The van der Waals surface area contributed by atoms with Crippen molar-refractivity contribution in [3.63, 3.8) is 0 Å². The van der Waals surface area contributed by atoms with Gasteiger partial charge in [0.25, 0.3) is 0 Å². The van der Waals surface area contributed by atoms with Crippen molar-refractivity contribution in [3.8, 4) is 5.75 Å². The van der Waals surface area contributed by atoms with Crippen LogP contribution in [0, 0.1) is 11.6 Å². The fourth-order valence-corrected chi connectivity index (χ4v) is 5.59. The van der Waals surface area contributed by atoms with Gasteiger partial charge in [-0.15, -0.1) is 6.58 Å². The van der Waals surface area contributed by atoms with Gasteiger partial charge in [0.05, 0.1) is 19.1 Å². The van der Waals surface area contributed by atoms with E-state index in [2.05, 4.69) is 11.9 Å². The number of nitrogens with zero attached hydrogens (tertiary/aromatic N) is 4. The first-order valence-corrected chi connectivity index (χ1v) is 13.5. The van der Waals surface area contributed by atoms with E-state index in [4.69, 9.17) is 0 Å². The lowest BCUT2D eigenvalue weighted by molar-refractivity contribution is -0.188. The zero-order valence-corrected chi connectivity index (χ0v) is 23.0. The lowest BCUT2D eigenvalue weighted by atomic mass is 9.95. The van der Waals surface area contributed by atoms with Gasteiger partial charge in [0, 0.05) is 31.6 Å². The Labute approximate surface area is 242 Å². The van der Waals surface area contributed by atoms with Crippen LogP contribution in [-0.4, -0.2) is 75.1 Å². The van der Waals surface area contributed by atoms with E-state index in [1.54, 1.807) is 19.2 Å². The highest BCUT2D eigenvalue weighted by atomic mass is 19.1. The number of hydrogen-bond donors (Lipinski definition) is 2. The molecule has 2 heterocycles. The summed E-state index contributed by atoms with van der Waals surface area (Å²) in [4.78, 5) is 44.0. The first-order valence-electron chi connectivity index (χ1n) is 13.5. The van der Waals surface area contributed by atoms with Crippen LogP contribution >= 0.6 is 0 Å². The highest BCUT2D eigenvalue weighted by Gasteiger charge is 2.52.